The first-order valence-corrected chi connectivity index (χ1v) is 11.5. The van der Waals surface area contributed by atoms with Gasteiger partial charge in [0.2, 0.25) is 5.16 Å². The van der Waals surface area contributed by atoms with E-state index in [1.165, 1.54) is 11.9 Å². The van der Waals surface area contributed by atoms with Crippen molar-refractivity contribution >= 4 is 27.3 Å². The van der Waals surface area contributed by atoms with Crippen molar-refractivity contribution in [2.45, 2.75) is 24.3 Å². The molecule has 1 aliphatic rings. The van der Waals surface area contributed by atoms with Crippen LogP contribution in [0.3, 0.4) is 0 Å². The number of alkyl halides is 3. The van der Waals surface area contributed by atoms with Crippen LogP contribution in [0.5, 0.6) is 0 Å². The number of halogens is 4. The van der Waals surface area contributed by atoms with Crippen molar-refractivity contribution in [2.24, 2.45) is 0 Å². The van der Waals surface area contributed by atoms with Gasteiger partial charge in [0.15, 0.2) is 0 Å². The minimum absolute atomic E-state index is 0.0355. The summed E-state index contributed by atoms with van der Waals surface area (Å²) < 4.78 is 78.1. The van der Waals surface area contributed by atoms with E-state index in [9.17, 15) is 30.8 Å². The van der Waals surface area contributed by atoms with Gasteiger partial charge in [-0.3, -0.25) is 4.79 Å². The van der Waals surface area contributed by atoms with Gasteiger partial charge in [-0.1, -0.05) is 6.07 Å². The summed E-state index contributed by atoms with van der Waals surface area (Å²) in [6.07, 6.45) is -3.00. The molecule has 1 aromatic heterocycles. The lowest BCUT2D eigenvalue weighted by atomic mass is 9.98. The number of nitrogens with one attached hydrogen (secondary N) is 3. The van der Waals surface area contributed by atoms with E-state index in [1.54, 1.807) is 18.2 Å². The number of aromatic amines is 1. The first-order valence-electron chi connectivity index (χ1n) is 10.0. The minimum atomic E-state index is -4.63. The quantitative estimate of drug-likeness (QED) is 0.469. The maximum absolute atomic E-state index is 14.1. The average Bonchev–Trinajstić information content (AvgIpc) is 3.30. The number of sulfonamides is 1. The standard InChI is InChI=1S/C21H19F4N5O3S/c1-26-34(32,33)20-27-10-18(29-20)19(31)30-7-6-12-8-15(4-2-13(12)11-30)28-17-5-3-14(9-16(17)22)21(23,24)25/h2-5,8-10,26,28H,6-7,11H2,1H3,(H,27,29). The van der Waals surface area contributed by atoms with Crippen LogP contribution in [0.1, 0.15) is 27.2 Å². The van der Waals surface area contributed by atoms with E-state index < -0.39 is 33.5 Å². The highest BCUT2D eigenvalue weighted by Gasteiger charge is 2.31. The van der Waals surface area contributed by atoms with E-state index in [2.05, 4.69) is 20.0 Å². The summed E-state index contributed by atoms with van der Waals surface area (Å²) in [7, 11) is -2.58. The lowest BCUT2D eigenvalue weighted by molar-refractivity contribution is -0.137. The Hall–Kier alpha value is -3.45. The number of amides is 1. The Morgan fingerprint density at radius 1 is 1.15 bits per heavy atom. The number of H-pyrrole nitrogens is 1. The molecule has 0 unspecified atom stereocenters. The molecular weight excluding hydrogens is 478 g/mol. The smallest absolute Gasteiger partial charge is 0.353 e. The molecule has 1 amide bonds. The monoisotopic (exact) mass is 497 g/mol. The predicted molar refractivity (Wildman–Crippen MR) is 114 cm³/mol. The minimum Gasteiger partial charge on any atom is -0.353 e. The number of benzene rings is 2. The van der Waals surface area contributed by atoms with Gasteiger partial charge in [-0.2, -0.15) is 13.2 Å². The molecule has 2 aromatic carbocycles. The summed E-state index contributed by atoms with van der Waals surface area (Å²) in [5, 5.41) is 2.42. The predicted octanol–water partition coefficient (Wildman–Crippen LogP) is 3.42. The Balaban J connectivity index is 1.47. The van der Waals surface area contributed by atoms with Gasteiger partial charge in [0.1, 0.15) is 11.5 Å². The summed E-state index contributed by atoms with van der Waals surface area (Å²) in [6, 6.07) is 7.40. The molecule has 4 rings (SSSR count). The average molecular weight is 497 g/mol. The highest BCUT2D eigenvalue weighted by molar-refractivity contribution is 7.89. The first-order chi connectivity index (χ1) is 16.0. The zero-order chi connectivity index (χ0) is 24.7. The number of imidazole rings is 1. The van der Waals surface area contributed by atoms with Crippen LogP contribution in [0.25, 0.3) is 0 Å². The highest BCUT2D eigenvalue weighted by atomic mass is 32.2. The molecule has 0 spiro atoms. The zero-order valence-electron chi connectivity index (χ0n) is 17.7. The van der Waals surface area contributed by atoms with Crippen molar-refractivity contribution in [1.29, 1.82) is 0 Å². The largest absolute Gasteiger partial charge is 0.416 e. The molecule has 2 heterocycles. The number of aromatic nitrogens is 2. The van der Waals surface area contributed by atoms with Gasteiger partial charge in [0.25, 0.3) is 15.9 Å². The van der Waals surface area contributed by atoms with Crippen LogP contribution in [0.15, 0.2) is 47.8 Å². The summed E-state index contributed by atoms with van der Waals surface area (Å²) in [4.78, 5) is 20.6. The van der Waals surface area contributed by atoms with Crippen molar-refractivity contribution in [1.82, 2.24) is 19.6 Å². The van der Waals surface area contributed by atoms with E-state index in [-0.39, 0.29) is 23.1 Å². The van der Waals surface area contributed by atoms with Gasteiger partial charge in [-0.25, -0.2) is 22.5 Å². The molecule has 13 heteroatoms. The van der Waals surface area contributed by atoms with Crippen LogP contribution in [0.4, 0.5) is 28.9 Å². The topological polar surface area (TPSA) is 107 Å². The van der Waals surface area contributed by atoms with Crippen molar-refractivity contribution < 1.29 is 30.8 Å². The second-order valence-electron chi connectivity index (χ2n) is 7.59. The second kappa shape index (κ2) is 8.72. The molecule has 34 heavy (non-hydrogen) atoms. The number of carbonyl (C=O) groups is 1. The van der Waals surface area contributed by atoms with E-state index >= 15 is 0 Å². The summed E-state index contributed by atoms with van der Waals surface area (Å²) >= 11 is 0. The van der Waals surface area contributed by atoms with Crippen LogP contribution >= 0.6 is 0 Å². The van der Waals surface area contributed by atoms with E-state index in [1.807, 2.05) is 0 Å². The molecule has 0 atom stereocenters. The van der Waals surface area contributed by atoms with Crippen LogP contribution in [0.2, 0.25) is 0 Å². The normalized spacial score (nSPS) is 14.1. The van der Waals surface area contributed by atoms with Gasteiger partial charge in [-0.05, 0) is 54.9 Å². The van der Waals surface area contributed by atoms with E-state index in [0.29, 0.717) is 24.7 Å². The molecule has 0 bridgehead atoms. The van der Waals surface area contributed by atoms with Gasteiger partial charge in [-0.15, -0.1) is 0 Å². The third kappa shape index (κ3) is 4.75. The van der Waals surface area contributed by atoms with Crippen molar-refractivity contribution in [2.75, 3.05) is 18.9 Å². The molecule has 0 saturated heterocycles. The summed E-state index contributed by atoms with van der Waals surface area (Å²) in [5.41, 5.74) is 1.09. The van der Waals surface area contributed by atoms with Crippen LogP contribution < -0.4 is 10.0 Å². The molecule has 3 aromatic rings. The molecule has 180 valence electrons. The Bertz CT molecular complexity index is 1350. The Morgan fingerprint density at radius 3 is 2.59 bits per heavy atom. The maximum Gasteiger partial charge on any atom is 0.416 e. The molecule has 8 nitrogen and oxygen atoms in total. The molecule has 0 aliphatic carbocycles. The Kier molecular flexibility index (Phi) is 6.08. The van der Waals surface area contributed by atoms with Crippen molar-refractivity contribution in [3.63, 3.8) is 0 Å². The third-order valence-electron chi connectivity index (χ3n) is 5.39. The molecule has 1 aliphatic heterocycles. The van der Waals surface area contributed by atoms with Gasteiger partial charge in [0, 0.05) is 18.8 Å². The van der Waals surface area contributed by atoms with Crippen molar-refractivity contribution in [3.8, 4) is 0 Å². The van der Waals surface area contributed by atoms with Crippen LogP contribution in [-0.2, 0) is 29.2 Å². The number of rotatable bonds is 5. The molecule has 0 radical (unpaired) electrons. The summed E-state index contributed by atoms with van der Waals surface area (Å²) in [5.74, 6) is -1.44. The molecule has 3 N–H and O–H groups in total. The van der Waals surface area contributed by atoms with Crippen molar-refractivity contribution in [3.05, 3.63) is 70.8 Å². The second-order valence-corrected chi connectivity index (χ2v) is 9.39. The number of hydrogen-bond acceptors (Lipinski definition) is 5. The maximum atomic E-state index is 14.1. The highest BCUT2D eigenvalue weighted by Crippen LogP contribution is 2.32. The fourth-order valence-corrected chi connectivity index (χ4v) is 4.20. The Labute approximate surface area is 192 Å². The Morgan fingerprint density at radius 2 is 1.91 bits per heavy atom. The lowest BCUT2D eigenvalue weighted by Gasteiger charge is -2.29. The SMILES string of the molecule is CNS(=O)(=O)c1ncc(C(=O)N2CCc3cc(Nc4ccc(C(F)(F)F)cc4F)ccc3C2)[nH]1. The third-order valence-corrected chi connectivity index (χ3v) is 6.64. The number of nitrogens with zero attached hydrogens (tertiary/aromatic N) is 2. The summed E-state index contributed by atoms with van der Waals surface area (Å²) in [6.45, 7) is 0.604. The number of fused-ring (bicyclic) bond motifs is 1. The van der Waals surface area contributed by atoms with E-state index in [0.717, 1.165) is 29.5 Å². The number of hydrogen-bond donors (Lipinski definition) is 3. The van der Waals surface area contributed by atoms with Crippen LogP contribution in [-0.4, -0.2) is 42.8 Å². The number of anilines is 2. The van der Waals surface area contributed by atoms with Gasteiger partial charge >= 0.3 is 6.18 Å². The zero-order valence-corrected chi connectivity index (χ0v) is 18.5. The first kappa shape index (κ1) is 23.7. The lowest BCUT2D eigenvalue weighted by Crippen LogP contribution is -2.36. The molecular formula is C21H19F4N5O3S. The number of carbonyl (C=O) groups excluding carboxylic acids is 1. The fourth-order valence-electron chi connectivity index (χ4n) is 3.57. The fraction of sp³-hybridized carbons (Fsp3) is 0.238. The molecule has 0 fully saturated rings. The van der Waals surface area contributed by atoms with Gasteiger partial charge < -0.3 is 15.2 Å². The van der Waals surface area contributed by atoms with Crippen LogP contribution in [0, 0.1) is 5.82 Å². The van der Waals surface area contributed by atoms with Gasteiger partial charge in [0.05, 0.1) is 17.4 Å². The molecule has 0 saturated carbocycles. The van der Waals surface area contributed by atoms with E-state index in [4.69, 9.17) is 0 Å².